The number of benzene rings is 1. The van der Waals surface area contributed by atoms with Gasteiger partial charge in [0.15, 0.2) is 5.78 Å². The van der Waals surface area contributed by atoms with E-state index in [0.717, 1.165) is 0 Å². The second-order valence-corrected chi connectivity index (χ2v) is 4.93. The molecule has 0 fully saturated rings. The van der Waals surface area contributed by atoms with Gasteiger partial charge < -0.3 is 9.47 Å². The van der Waals surface area contributed by atoms with E-state index in [9.17, 15) is 4.79 Å². The molecular formula is C12H15BrO3. The van der Waals surface area contributed by atoms with Crippen molar-refractivity contribution in [2.75, 3.05) is 7.11 Å². The van der Waals surface area contributed by atoms with E-state index in [2.05, 4.69) is 15.9 Å². The lowest BCUT2D eigenvalue weighted by Crippen LogP contribution is -2.27. The average molecular weight is 287 g/mol. The van der Waals surface area contributed by atoms with Crippen LogP contribution in [0.4, 0.5) is 0 Å². The van der Waals surface area contributed by atoms with Crippen LogP contribution in [0.3, 0.4) is 0 Å². The number of hydrogen-bond acceptors (Lipinski definition) is 3. The molecule has 0 aliphatic carbocycles. The summed E-state index contributed by atoms with van der Waals surface area (Å²) in [5.41, 5.74) is 0.634. The lowest BCUT2D eigenvalue weighted by molar-refractivity contribution is -0.0493. The van der Waals surface area contributed by atoms with Gasteiger partial charge in [0.1, 0.15) is 5.75 Å². The Labute approximate surface area is 104 Å². The Balaban J connectivity index is 2.80. The molecule has 1 aromatic carbocycles. The van der Waals surface area contributed by atoms with Crippen LogP contribution in [0.25, 0.3) is 0 Å². The molecule has 0 aliphatic heterocycles. The van der Waals surface area contributed by atoms with Crippen molar-refractivity contribution in [1.29, 1.82) is 0 Å². The van der Waals surface area contributed by atoms with Crippen LogP contribution >= 0.6 is 15.9 Å². The Morgan fingerprint density at radius 3 is 2.62 bits per heavy atom. The average Bonchev–Trinajstić information content (AvgIpc) is 2.25. The van der Waals surface area contributed by atoms with Crippen LogP contribution in [0, 0.1) is 0 Å². The van der Waals surface area contributed by atoms with Gasteiger partial charge in [-0.05, 0) is 26.0 Å². The number of Topliss-reactive ketones (excluding diaryl/α,β-unsaturated/α-hetero) is 1. The van der Waals surface area contributed by atoms with Crippen molar-refractivity contribution in [3.63, 3.8) is 0 Å². The van der Waals surface area contributed by atoms with Gasteiger partial charge in [0, 0.05) is 12.7 Å². The summed E-state index contributed by atoms with van der Waals surface area (Å²) in [4.78, 5) is 11.3. The lowest BCUT2D eigenvalue weighted by Gasteiger charge is -2.19. The molecule has 0 spiro atoms. The van der Waals surface area contributed by atoms with Crippen LogP contribution in [0.15, 0.2) is 24.3 Å². The van der Waals surface area contributed by atoms with E-state index >= 15 is 0 Å². The number of ether oxygens (including phenoxy) is 2. The van der Waals surface area contributed by atoms with E-state index in [1.807, 2.05) is 6.92 Å². The topological polar surface area (TPSA) is 35.5 Å². The minimum absolute atomic E-state index is 0.0197. The minimum atomic E-state index is -0.373. The molecule has 1 rings (SSSR count). The van der Waals surface area contributed by atoms with Gasteiger partial charge in [-0.1, -0.05) is 28.1 Å². The smallest absolute Gasteiger partial charge is 0.211 e. The molecule has 16 heavy (non-hydrogen) atoms. The molecule has 0 saturated heterocycles. The Bertz CT molecular complexity index is 363. The highest BCUT2D eigenvalue weighted by molar-refractivity contribution is 9.09. The van der Waals surface area contributed by atoms with Crippen molar-refractivity contribution >= 4 is 21.7 Å². The zero-order chi connectivity index (χ0) is 12.1. The quantitative estimate of drug-likeness (QED) is 0.474. The van der Waals surface area contributed by atoms with Gasteiger partial charge in [-0.3, -0.25) is 4.79 Å². The zero-order valence-electron chi connectivity index (χ0n) is 9.57. The van der Waals surface area contributed by atoms with E-state index in [4.69, 9.17) is 9.47 Å². The van der Waals surface area contributed by atoms with E-state index in [1.165, 1.54) is 6.92 Å². The van der Waals surface area contributed by atoms with Crippen molar-refractivity contribution in [2.45, 2.75) is 25.0 Å². The van der Waals surface area contributed by atoms with Gasteiger partial charge in [0.05, 0.1) is 4.83 Å². The standard InChI is InChI=1S/C12H15BrO3/c1-8(13)12(15-3)16-11-6-4-5-10(7-11)9(2)14/h4-8,12H,1-3H3. The molecule has 1 aromatic rings. The summed E-state index contributed by atoms with van der Waals surface area (Å²) in [6.45, 7) is 3.46. The Kier molecular flexibility index (Phi) is 4.96. The number of alkyl halides is 1. The summed E-state index contributed by atoms with van der Waals surface area (Å²) >= 11 is 3.39. The van der Waals surface area contributed by atoms with E-state index in [-0.39, 0.29) is 16.9 Å². The highest BCUT2D eigenvalue weighted by atomic mass is 79.9. The molecule has 0 aliphatic rings. The Morgan fingerprint density at radius 2 is 2.12 bits per heavy atom. The number of rotatable bonds is 5. The summed E-state index contributed by atoms with van der Waals surface area (Å²) in [5.74, 6) is 0.650. The largest absolute Gasteiger partial charge is 0.464 e. The SMILES string of the molecule is COC(Oc1cccc(C(C)=O)c1)C(C)Br. The van der Waals surface area contributed by atoms with E-state index < -0.39 is 0 Å². The summed E-state index contributed by atoms with van der Waals surface area (Å²) in [6.07, 6.45) is -0.373. The van der Waals surface area contributed by atoms with Crippen LogP contribution < -0.4 is 4.74 Å². The molecule has 3 nitrogen and oxygen atoms in total. The monoisotopic (exact) mass is 286 g/mol. The number of halogens is 1. The first-order chi connectivity index (χ1) is 7.54. The molecular weight excluding hydrogens is 272 g/mol. The van der Waals surface area contributed by atoms with Gasteiger partial charge in [-0.15, -0.1) is 0 Å². The van der Waals surface area contributed by atoms with Crippen molar-refractivity contribution in [3.8, 4) is 5.75 Å². The molecule has 2 atom stereocenters. The third-order valence-corrected chi connectivity index (χ3v) is 2.53. The van der Waals surface area contributed by atoms with Crippen molar-refractivity contribution in [2.24, 2.45) is 0 Å². The van der Waals surface area contributed by atoms with Crippen LogP contribution in [-0.2, 0) is 4.74 Å². The number of carbonyl (C=O) groups is 1. The number of hydrogen-bond donors (Lipinski definition) is 0. The second-order valence-electron chi connectivity index (χ2n) is 3.48. The summed E-state index contributed by atoms with van der Waals surface area (Å²) in [6, 6.07) is 7.06. The fraction of sp³-hybridized carbons (Fsp3) is 0.417. The predicted octanol–water partition coefficient (Wildman–Crippen LogP) is 3.02. The molecule has 88 valence electrons. The summed E-state index contributed by atoms with van der Waals surface area (Å²) in [5, 5.41) is 0. The molecule has 4 heteroatoms. The number of methoxy groups -OCH3 is 1. The van der Waals surface area contributed by atoms with Crippen molar-refractivity contribution in [1.82, 2.24) is 0 Å². The fourth-order valence-corrected chi connectivity index (χ4v) is 1.58. The normalized spacial score (nSPS) is 14.2. The second kappa shape index (κ2) is 6.01. The first-order valence-electron chi connectivity index (χ1n) is 4.99. The molecule has 2 unspecified atom stereocenters. The fourth-order valence-electron chi connectivity index (χ4n) is 1.25. The van der Waals surface area contributed by atoms with Crippen LogP contribution in [0.2, 0.25) is 0 Å². The van der Waals surface area contributed by atoms with Crippen LogP contribution in [0.1, 0.15) is 24.2 Å². The maximum absolute atomic E-state index is 11.2. The van der Waals surface area contributed by atoms with Crippen LogP contribution in [0.5, 0.6) is 5.75 Å². The lowest BCUT2D eigenvalue weighted by atomic mass is 10.1. The highest BCUT2D eigenvalue weighted by Gasteiger charge is 2.15. The van der Waals surface area contributed by atoms with Gasteiger partial charge in [-0.25, -0.2) is 0 Å². The summed E-state index contributed by atoms with van der Waals surface area (Å²) < 4.78 is 10.8. The predicted molar refractivity (Wildman–Crippen MR) is 66.3 cm³/mol. The van der Waals surface area contributed by atoms with Gasteiger partial charge in [-0.2, -0.15) is 0 Å². The van der Waals surface area contributed by atoms with Gasteiger partial charge in [0.2, 0.25) is 6.29 Å². The van der Waals surface area contributed by atoms with Crippen molar-refractivity contribution < 1.29 is 14.3 Å². The molecule has 0 amide bonds. The Morgan fingerprint density at radius 1 is 1.44 bits per heavy atom. The molecule has 0 heterocycles. The molecule has 0 radical (unpaired) electrons. The first-order valence-corrected chi connectivity index (χ1v) is 5.90. The summed E-state index contributed by atoms with van der Waals surface area (Å²) in [7, 11) is 1.58. The maximum atomic E-state index is 11.2. The third-order valence-electron chi connectivity index (χ3n) is 2.10. The molecule has 0 bridgehead atoms. The van der Waals surface area contributed by atoms with E-state index in [0.29, 0.717) is 11.3 Å². The maximum Gasteiger partial charge on any atom is 0.211 e. The Hall–Kier alpha value is -0.870. The van der Waals surface area contributed by atoms with Crippen molar-refractivity contribution in [3.05, 3.63) is 29.8 Å². The number of carbonyl (C=O) groups excluding carboxylic acids is 1. The highest BCUT2D eigenvalue weighted by Crippen LogP contribution is 2.18. The third kappa shape index (κ3) is 3.61. The van der Waals surface area contributed by atoms with Gasteiger partial charge >= 0.3 is 0 Å². The van der Waals surface area contributed by atoms with Crippen LogP contribution in [-0.4, -0.2) is 24.0 Å². The molecule has 0 N–H and O–H groups in total. The molecule has 0 aromatic heterocycles. The zero-order valence-corrected chi connectivity index (χ0v) is 11.2. The molecule has 0 saturated carbocycles. The van der Waals surface area contributed by atoms with E-state index in [1.54, 1.807) is 31.4 Å². The first kappa shape index (κ1) is 13.2. The van der Waals surface area contributed by atoms with Gasteiger partial charge in [0.25, 0.3) is 0 Å². The minimum Gasteiger partial charge on any atom is -0.464 e. The number of ketones is 1.